The molecule has 0 saturated carbocycles. The van der Waals surface area contributed by atoms with Gasteiger partial charge in [0.15, 0.2) is 0 Å². The first-order chi connectivity index (χ1) is 6.22. The normalized spacial score (nSPS) is 12.1. The lowest BCUT2D eigenvalue weighted by Gasteiger charge is -2.08. The quantitative estimate of drug-likeness (QED) is 0.732. The Labute approximate surface area is 80.8 Å². The van der Waals surface area contributed by atoms with Gasteiger partial charge in [-0.15, -0.1) is 11.3 Å². The van der Waals surface area contributed by atoms with Crippen molar-refractivity contribution in [2.45, 2.75) is 19.4 Å². The molecule has 0 aliphatic heterocycles. The summed E-state index contributed by atoms with van der Waals surface area (Å²) in [5.74, 6) is -0.173. The number of thiophene rings is 1. The number of aldehydes is 1. The lowest BCUT2D eigenvalue weighted by molar-refractivity contribution is -0.122. The SMILES string of the molecule is CC(=O)N[C@@H](C=O)Cc1cccs1. The van der Waals surface area contributed by atoms with Gasteiger partial charge in [-0.25, -0.2) is 0 Å². The molecule has 0 bridgehead atoms. The summed E-state index contributed by atoms with van der Waals surface area (Å²) < 4.78 is 0. The highest BCUT2D eigenvalue weighted by Crippen LogP contribution is 2.10. The summed E-state index contributed by atoms with van der Waals surface area (Å²) in [6.45, 7) is 1.41. The molecule has 0 aliphatic carbocycles. The average molecular weight is 197 g/mol. The van der Waals surface area contributed by atoms with E-state index in [1.807, 2.05) is 17.5 Å². The van der Waals surface area contributed by atoms with Crippen LogP contribution in [0.15, 0.2) is 17.5 Å². The van der Waals surface area contributed by atoms with E-state index in [1.54, 1.807) is 11.3 Å². The fraction of sp³-hybridized carbons (Fsp3) is 0.333. The smallest absolute Gasteiger partial charge is 0.217 e. The highest BCUT2D eigenvalue weighted by Gasteiger charge is 2.09. The van der Waals surface area contributed by atoms with Gasteiger partial charge in [0.05, 0.1) is 6.04 Å². The Morgan fingerprint density at radius 3 is 3.00 bits per heavy atom. The molecule has 0 fully saturated rings. The molecule has 0 radical (unpaired) electrons. The van der Waals surface area contributed by atoms with Crippen molar-refractivity contribution < 1.29 is 9.59 Å². The molecule has 13 heavy (non-hydrogen) atoms. The van der Waals surface area contributed by atoms with E-state index in [9.17, 15) is 9.59 Å². The molecule has 1 atom stereocenters. The third kappa shape index (κ3) is 3.38. The van der Waals surface area contributed by atoms with Gasteiger partial charge in [-0.3, -0.25) is 4.79 Å². The van der Waals surface area contributed by atoms with Crippen LogP contribution in [0.5, 0.6) is 0 Å². The van der Waals surface area contributed by atoms with Crippen LogP contribution in [-0.4, -0.2) is 18.2 Å². The molecule has 1 amide bonds. The van der Waals surface area contributed by atoms with Crippen LogP contribution in [0.4, 0.5) is 0 Å². The number of amides is 1. The van der Waals surface area contributed by atoms with Crippen LogP contribution in [0.3, 0.4) is 0 Å². The van der Waals surface area contributed by atoms with Gasteiger partial charge in [0.2, 0.25) is 5.91 Å². The van der Waals surface area contributed by atoms with E-state index in [0.717, 1.165) is 11.2 Å². The highest BCUT2D eigenvalue weighted by molar-refractivity contribution is 7.09. The minimum Gasteiger partial charge on any atom is -0.346 e. The third-order valence-corrected chi connectivity index (χ3v) is 2.45. The van der Waals surface area contributed by atoms with Crippen molar-refractivity contribution in [1.82, 2.24) is 5.32 Å². The molecule has 1 heterocycles. The molecule has 0 aliphatic rings. The Hall–Kier alpha value is -1.16. The number of rotatable bonds is 4. The Balaban J connectivity index is 2.49. The molecule has 0 saturated heterocycles. The molecule has 1 aromatic rings. The van der Waals surface area contributed by atoms with E-state index in [4.69, 9.17) is 0 Å². The second-order valence-corrected chi connectivity index (χ2v) is 3.76. The summed E-state index contributed by atoms with van der Waals surface area (Å²) >= 11 is 1.58. The molecular formula is C9H11NO2S. The van der Waals surface area contributed by atoms with Gasteiger partial charge in [0.1, 0.15) is 6.29 Å². The van der Waals surface area contributed by atoms with E-state index < -0.39 is 6.04 Å². The highest BCUT2D eigenvalue weighted by atomic mass is 32.1. The second kappa shape index (κ2) is 4.77. The average Bonchev–Trinajstić information content (AvgIpc) is 2.55. The molecule has 0 unspecified atom stereocenters. The number of carbonyl (C=O) groups is 2. The van der Waals surface area contributed by atoms with Crippen molar-refractivity contribution in [2.24, 2.45) is 0 Å². The van der Waals surface area contributed by atoms with Crippen molar-refractivity contribution >= 4 is 23.5 Å². The van der Waals surface area contributed by atoms with Crippen LogP contribution in [0, 0.1) is 0 Å². The maximum Gasteiger partial charge on any atom is 0.217 e. The van der Waals surface area contributed by atoms with Crippen LogP contribution >= 0.6 is 11.3 Å². The predicted octanol–water partition coefficient (Wildman–Crippen LogP) is 0.994. The second-order valence-electron chi connectivity index (χ2n) is 2.73. The Morgan fingerprint density at radius 2 is 2.54 bits per heavy atom. The van der Waals surface area contributed by atoms with Crippen LogP contribution in [0.1, 0.15) is 11.8 Å². The van der Waals surface area contributed by atoms with Crippen molar-refractivity contribution in [3.8, 4) is 0 Å². The molecule has 1 rings (SSSR count). The van der Waals surface area contributed by atoms with Gasteiger partial charge in [-0.05, 0) is 11.4 Å². The zero-order valence-electron chi connectivity index (χ0n) is 7.32. The van der Waals surface area contributed by atoms with E-state index >= 15 is 0 Å². The maximum atomic E-state index is 10.7. The van der Waals surface area contributed by atoms with Gasteiger partial charge < -0.3 is 10.1 Å². The molecule has 4 heteroatoms. The Bertz CT molecular complexity index is 282. The standard InChI is InChI=1S/C9H11NO2S/c1-7(12)10-8(6-11)5-9-3-2-4-13-9/h2-4,6,8H,5H2,1H3,(H,10,12)/t8-/m1/s1. The fourth-order valence-electron chi connectivity index (χ4n) is 1.04. The third-order valence-electron chi connectivity index (χ3n) is 1.55. The van der Waals surface area contributed by atoms with Crippen molar-refractivity contribution in [3.05, 3.63) is 22.4 Å². The number of hydrogen-bond acceptors (Lipinski definition) is 3. The number of hydrogen-bond donors (Lipinski definition) is 1. The zero-order valence-corrected chi connectivity index (χ0v) is 8.14. The van der Waals surface area contributed by atoms with Gasteiger partial charge in [-0.2, -0.15) is 0 Å². The summed E-state index contributed by atoms with van der Waals surface area (Å²) in [7, 11) is 0. The van der Waals surface area contributed by atoms with E-state index in [-0.39, 0.29) is 5.91 Å². The van der Waals surface area contributed by atoms with Gasteiger partial charge >= 0.3 is 0 Å². The van der Waals surface area contributed by atoms with E-state index in [1.165, 1.54) is 6.92 Å². The topological polar surface area (TPSA) is 46.2 Å². The van der Waals surface area contributed by atoms with Crippen LogP contribution in [-0.2, 0) is 16.0 Å². The zero-order chi connectivity index (χ0) is 9.68. The summed E-state index contributed by atoms with van der Waals surface area (Å²) in [6.07, 6.45) is 1.35. The molecule has 0 spiro atoms. The number of carbonyl (C=O) groups excluding carboxylic acids is 2. The van der Waals surface area contributed by atoms with Gasteiger partial charge in [-0.1, -0.05) is 6.07 Å². The maximum absolute atomic E-state index is 10.7. The minimum absolute atomic E-state index is 0.173. The first kappa shape index (κ1) is 9.92. The summed E-state index contributed by atoms with van der Waals surface area (Å²) in [5.41, 5.74) is 0. The molecule has 70 valence electrons. The van der Waals surface area contributed by atoms with Crippen LogP contribution in [0.2, 0.25) is 0 Å². The lowest BCUT2D eigenvalue weighted by Crippen LogP contribution is -2.35. The van der Waals surface area contributed by atoms with Gasteiger partial charge in [0, 0.05) is 18.2 Å². The number of nitrogens with one attached hydrogen (secondary N) is 1. The lowest BCUT2D eigenvalue weighted by atomic mass is 10.2. The molecular weight excluding hydrogens is 186 g/mol. The first-order valence-electron chi connectivity index (χ1n) is 3.97. The summed E-state index contributed by atoms with van der Waals surface area (Å²) in [5, 5.41) is 4.52. The van der Waals surface area contributed by atoms with Crippen molar-refractivity contribution in [3.63, 3.8) is 0 Å². The Morgan fingerprint density at radius 1 is 1.77 bits per heavy atom. The summed E-state index contributed by atoms with van der Waals surface area (Å²) in [6, 6.07) is 3.48. The fourth-order valence-corrected chi connectivity index (χ4v) is 1.80. The molecule has 1 N–H and O–H groups in total. The molecule has 0 aromatic carbocycles. The van der Waals surface area contributed by atoms with E-state index in [0.29, 0.717) is 6.42 Å². The van der Waals surface area contributed by atoms with Crippen molar-refractivity contribution in [1.29, 1.82) is 0 Å². The largest absolute Gasteiger partial charge is 0.346 e. The van der Waals surface area contributed by atoms with E-state index in [2.05, 4.69) is 5.32 Å². The van der Waals surface area contributed by atoms with Gasteiger partial charge in [0.25, 0.3) is 0 Å². The monoisotopic (exact) mass is 197 g/mol. The molecule has 1 aromatic heterocycles. The molecule has 3 nitrogen and oxygen atoms in total. The van der Waals surface area contributed by atoms with Crippen molar-refractivity contribution in [2.75, 3.05) is 0 Å². The summed E-state index contributed by atoms with van der Waals surface area (Å²) in [4.78, 5) is 22.3. The first-order valence-corrected chi connectivity index (χ1v) is 4.85. The van der Waals surface area contributed by atoms with Crippen LogP contribution < -0.4 is 5.32 Å². The van der Waals surface area contributed by atoms with Crippen LogP contribution in [0.25, 0.3) is 0 Å². The minimum atomic E-state index is -0.392. The predicted molar refractivity (Wildman–Crippen MR) is 51.7 cm³/mol. The Kier molecular flexibility index (Phi) is 3.64.